The van der Waals surface area contributed by atoms with Gasteiger partial charge in [-0.3, -0.25) is 4.68 Å². The first-order valence-electron chi connectivity index (χ1n) is 7.17. The molecule has 0 atom stereocenters. The molecule has 1 fully saturated rings. The lowest BCUT2D eigenvalue weighted by Gasteiger charge is -2.49. The molecule has 0 unspecified atom stereocenters. The van der Waals surface area contributed by atoms with Crippen LogP contribution in [0.2, 0.25) is 0 Å². The van der Waals surface area contributed by atoms with Crippen molar-refractivity contribution in [2.45, 2.75) is 37.8 Å². The summed E-state index contributed by atoms with van der Waals surface area (Å²) in [5.74, 6) is 0.606. The number of rotatable bonds is 7. The van der Waals surface area contributed by atoms with Crippen molar-refractivity contribution in [3.05, 3.63) is 12.3 Å². The molecule has 5 nitrogen and oxygen atoms in total. The first-order chi connectivity index (χ1) is 9.02. The third-order valence-electron chi connectivity index (χ3n) is 4.39. The third-order valence-corrected chi connectivity index (χ3v) is 4.39. The molecule has 5 heteroatoms. The fourth-order valence-electron chi connectivity index (χ4n) is 2.92. The molecule has 0 saturated heterocycles. The molecular formula is C14H27N5. The third kappa shape index (κ3) is 3.48. The minimum Gasteiger partial charge on any atom is -0.382 e. The van der Waals surface area contributed by atoms with E-state index >= 15 is 0 Å². The first kappa shape index (κ1) is 14.3. The number of aryl methyl sites for hydroxylation is 1. The first-order valence-corrected chi connectivity index (χ1v) is 7.17. The van der Waals surface area contributed by atoms with Crippen molar-refractivity contribution in [1.29, 1.82) is 0 Å². The molecular weight excluding hydrogens is 238 g/mol. The second kappa shape index (κ2) is 5.92. The van der Waals surface area contributed by atoms with Crippen LogP contribution in [-0.4, -0.2) is 59.4 Å². The maximum absolute atomic E-state index is 5.60. The van der Waals surface area contributed by atoms with E-state index in [-0.39, 0.29) is 0 Å². The fraction of sp³-hybridized carbons (Fsp3) is 0.786. The molecule has 108 valence electrons. The highest BCUT2D eigenvalue weighted by molar-refractivity contribution is 5.23. The maximum Gasteiger partial charge on any atom is 0.145 e. The van der Waals surface area contributed by atoms with Crippen molar-refractivity contribution >= 4 is 5.82 Å². The molecule has 0 radical (unpaired) electrons. The number of hydrogen-bond donors (Lipinski definition) is 1. The van der Waals surface area contributed by atoms with Crippen LogP contribution < -0.4 is 5.73 Å². The summed E-state index contributed by atoms with van der Waals surface area (Å²) in [6.07, 6.45) is 7.10. The Balaban J connectivity index is 1.71. The molecule has 0 bridgehead atoms. The molecule has 0 aromatic carbocycles. The van der Waals surface area contributed by atoms with E-state index in [1.807, 2.05) is 16.9 Å². The van der Waals surface area contributed by atoms with Crippen LogP contribution in [0.15, 0.2) is 12.3 Å². The number of nitrogen functional groups attached to an aromatic ring is 1. The molecule has 1 aliphatic rings. The van der Waals surface area contributed by atoms with Gasteiger partial charge in [-0.05, 0) is 59.4 Å². The predicted molar refractivity (Wildman–Crippen MR) is 79.0 cm³/mol. The van der Waals surface area contributed by atoms with Crippen molar-refractivity contribution in [2.24, 2.45) is 0 Å². The highest BCUT2D eigenvalue weighted by atomic mass is 15.3. The van der Waals surface area contributed by atoms with Gasteiger partial charge in [-0.25, -0.2) is 0 Å². The van der Waals surface area contributed by atoms with Gasteiger partial charge in [0, 0.05) is 24.8 Å². The fourth-order valence-corrected chi connectivity index (χ4v) is 2.92. The topological polar surface area (TPSA) is 50.3 Å². The Bertz CT molecular complexity index is 394. The zero-order chi connectivity index (χ0) is 13.9. The second-order valence-electron chi connectivity index (χ2n) is 6.07. The van der Waals surface area contributed by atoms with Gasteiger partial charge in [0.15, 0.2) is 0 Å². The summed E-state index contributed by atoms with van der Waals surface area (Å²) >= 11 is 0. The SMILES string of the molecule is CN(CCCn1ccc(N)n1)CC1(N(C)C)CCC1. The average molecular weight is 265 g/mol. The normalized spacial score (nSPS) is 17.9. The van der Waals surface area contributed by atoms with Crippen molar-refractivity contribution in [2.75, 3.05) is 40.0 Å². The molecule has 0 amide bonds. The molecule has 1 saturated carbocycles. The minimum atomic E-state index is 0.422. The number of nitrogens with two attached hydrogens (primary N) is 1. The Kier molecular flexibility index (Phi) is 4.47. The number of anilines is 1. The maximum atomic E-state index is 5.60. The van der Waals surface area contributed by atoms with Gasteiger partial charge in [0.25, 0.3) is 0 Å². The van der Waals surface area contributed by atoms with Gasteiger partial charge >= 0.3 is 0 Å². The summed E-state index contributed by atoms with van der Waals surface area (Å²) in [5, 5.41) is 4.21. The lowest BCUT2D eigenvalue weighted by atomic mass is 9.75. The molecule has 1 aliphatic carbocycles. The lowest BCUT2D eigenvalue weighted by Crippen LogP contribution is -2.56. The zero-order valence-electron chi connectivity index (χ0n) is 12.5. The van der Waals surface area contributed by atoms with Crippen LogP contribution in [0.25, 0.3) is 0 Å². The van der Waals surface area contributed by atoms with Crippen LogP contribution >= 0.6 is 0 Å². The van der Waals surface area contributed by atoms with Gasteiger partial charge in [-0.1, -0.05) is 0 Å². The predicted octanol–water partition coefficient (Wildman–Crippen LogP) is 1.27. The number of nitrogens with zero attached hydrogens (tertiary/aromatic N) is 4. The number of hydrogen-bond acceptors (Lipinski definition) is 4. The number of aromatic nitrogens is 2. The molecule has 2 rings (SSSR count). The van der Waals surface area contributed by atoms with E-state index in [4.69, 9.17) is 5.73 Å². The summed E-state index contributed by atoms with van der Waals surface area (Å²) in [6.45, 7) is 3.22. The average Bonchev–Trinajstić information content (AvgIpc) is 2.69. The van der Waals surface area contributed by atoms with E-state index < -0.39 is 0 Å². The minimum absolute atomic E-state index is 0.422. The lowest BCUT2D eigenvalue weighted by molar-refractivity contribution is 0.0273. The summed E-state index contributed by atoms with van der Waals surface area (Å²) < 4.78 is 1.92. The van der Waals surface area contributed by atoms with Crippen LogP contribution in [0.3, 0.4) is 0 Å². The monoisotopic (exact) mass is 265 g/mol. The zero-order valence-corrected chi connectivity index (χ0v) is 12.5. The summed E-state index contributed by atoms with van der Waals surface area (Å²) in [5.41, 5.74) is 6.03. The Hall–Kier alpha value is -1.07. The summed E-state index contributed by atoms with van der Waals surface area (Å²) in [7, 11) is 6.64. The molecule has 1 aromatic heterocycles. The summed E-state index contributed by atoms with van der Waals surface area (Å²) in [4.78, 5) is 4.85. The second-order valence-corrected chi connectivity index (χ2v) is 6.07. The Labute approximate surface area is 116 Å². The van der Waals surface area contributed by atoms with Gasteiger partial charge in [0.1, 0.15) is 5.82 Å². The van der Waals surface area contributed by atoms with E-state index in [0.29, 0.717) is 11.4 Å². The van der Waals surface area contributed by atoms with E-state index in [1.54, 1.807) is 0 Å². The molecule has 0 aliphatic heterocycles. The van der Waals surface area contributed by atoms with Gasteiger partial charge in [0.2, 0.25) is 0 Å². The van der Waals surface area contributed by atoms with Crippen LogP contribution in [0, 0.1) is 0 Å². The quantitative estimate of drug-likeness (QED) is 0.806. The Morgan fingerprint density at radius 2 is 2.11 bits per heavy atom. The van der Waals surface area contributed by atoms with Crippen molar-refractivity contribution in [1.82, 2.24) is 19.6 Å². The standard InChI is InChI=1S/C14H27N5/c1-17(2)14(7-4-8-14)12-18(3)9-5-10-19-11-6-13(15)16-19/h6,11H,4-5,7-10,12H2,1-3H3,(H2,15,16). The highest BCUT2D eigenvalue weighted by Crippen LogP contribution is 2.36. The molecule has 0 spiro atoms. The molecule has 1 heterocycles. The molecule has 2 N–H and O–H groups in total. The van der Waals surface area contributed by atoms with Crippen LogP contribution in [0.4, 0.5) is 5.82 Å². The smallest absolute Gasteiger partial charge is 0.145 e. The Morgan fingerprint density at radius 1 is 1.37 bits per heavy atom. The Morgan fingerprint density at radius 3 is 2.58 bits per heavy atom. The number of likely N-dealkylation sites (N-methyl/N-ethyl adjacent to an activating group) is 2. The molecule has 19 heavy (non-hydrogen) atoms. The van der Waals surface area contributed by atoms with Gasteiger partial charge in [-0.2, -0.15) is 5.10 Å². The van der Waals surface area contributed by atoms with E-state index in [2.05, 4.69) is 36.0 Å². The summed E-state index contributed by atoms with van der Waals surface area (Å²) in [6, 6.07) is 1.85. The van der Waals surface area contributed by atoms with Crippen LogP contribution in [0.1, 0.15) is 25.7 Å². The van der Waals surface area contributed by atoms with Gasteiger partial charge in [0.05, 0.1) is 0 Å². The largest absolute Gasteiger partial charge is 0.382 e. The van der Waals surface area contributed by atoms with E-state index in [0.717, 1.165) is 19.5 Å². The van der Waals surface area contributed by atoms with Crippen LogP contribution in [-0.2, 0) is 6.54 Å². The molecule has 1 aromatic rings. The van der Waals surface area contributed by atoms with Crippen LogP contribution in [0.5, 0.6) is 0 Å². The van der Waals surface area contributed by atoms with Crippen molar-refractivity contribution < 1.29 is 0 Å². The van der Waals surface area contributed by atoms with E-state index in [9.17, 15) is 0 Å². The van der Waals surface area contributed by atoms with Crippen molar-refractivity contribution in [3.63, 3.8) is 0 Å². The van der Waals surface area contributed by atoms with E-state index in [1.165, 1.54) is 25.8 Å². The van der Waals surface area contributed by atoms with Crippen molar-refractivity contribution in [3.8, 4) is 0 Å². The van der Waals surface area contributed by atoms with Gasteiger partial charge < -0.3 is 15.5 Å². The van der Waals surface area contributed by atoms with Gasteiger partial charge in [-0.15, -0.1) is 0 Å². The highest BCUT2D eigenvalue weighted by Gasteiger charge is 2.39.